The Morgan fingerprint density at radius 3 is 2.28 bits per heavy atom. The normalized spacial score (nSPS) is 12.5. The number of rotatable bonds is 4. The highest BCUT2D eigenvalue weighted by molar-refractivity contribution is 7.85. The van der Waals surface area contributed by atoms with Crippen LogP contribution in [0.25, 0.3) is 11.3 Å². The Balaban J connectivity index is 2.10. The molecule has 1 heterocycles. The van der Waals surface area contributed by atoms with Crippen molar-refractivity contribution in [3.63, 3.8) is 0 Å². The molecule has 7 heteroatoms. The summed E-state index contributed by atoms with van der Waals surface area (Å²) in [6, 6.07) is 16.0. The lowest BCUT2D eigenvalue weighted by Crippen LogP contribution is -2.14. The Morgan fingerprint density at radius 1 is 1.08 bits per heavy atom. The van der Waals surface area contributed by atoms with Crippen molar-refractivity contribution in [1.29, 1.82) is 0 Å². The van der Waals surface area contributed by atoms with Crippen LogP contribution >= 0.6 is 11.3 Å². The van der Waals surface area contributed by atoms with Crippen molar-refractivity contribution >= 4 is 27.1 Å². The van der Waals surface area contributed by atoms with Gasteiger partial charge in [-0.25, -0.2) is 4.99 Å². The molecule has 0 saturated heterocycles. The van der Waals surface area contributed by atoms with E-state index in [2.05, 4.69) is 35.5 Å². The number of aromatic nitrogens is 1. The smallest absolute Gasteiger partial charge is 0.294 e. The summed E-state index contributed by atoms with van der Waals surface area (Å²) in [5.41, 5.74) is 2.91. The highest BCUT2D eigenvalue weighted by Crippen LogP contribution is 2.25. The molecule has 1 N–H and O–H groups in total. The van der Waals surface area contributed by atoms with Crippen LogP contribution in [0.5, 0.6) is 0 Å². The molecular formula is C18H18N2O3S2. The zero-order valence-electron chi connectivity index (χ0n) is 13.9. The topological polar surface area (TPSA) is 71.7 Å². The van der Waals surface area contributed by atoms with Crippen LogP contribution < -0.4 is 4.80 Å². The van der Waals surface area contributed by atoms with Gasteiger partial charge in [0.05, 0.1) is 16.3 Å². The van der Waals surface area contributed by atoms with Crippen LogP contribution in [0.15, 0.2) is 64.5 Å². The van der Waals surface area contributed by atoms with Gasteiger partial charge in [-0.3, -0.25) is 4.55 Å². The molecule has 0 bridgehead atoms. The molecule has 0 unspecified atom stereocenters. The Labute approximate surface area is 150 Å². The monoisotopic (exact) mass is 374 g/mol. The predicted octanol–water partition coefficient (Wildman–Crippen LogP) is 4.02. The fourth-order valence-electron chi connectivity index (χ4n) is 2.66. The maximum Gasteiger partial charge on any atom is 0.294 e. The van der Waals surface area contributed by atoms with Crippen LogP contribution in [-0.4, -0.2) is 17.5 Å². The van der Waals surface area contributed by atoms with E-state index in [0.29, 0.717) is 5.69 Å². The third kappa shape index (κ3) is 3.73. The van der Waals surface area contributed by atoms with Crippen molar-refractivity contribution in [1.82, 2.24) is 4.57 Å². The van der Waals surface area contributed by atoms with Crippen LogP contribution in [0.2, 0.25) is 0 Å². The van der Waals surface area contributed by atoms with Gasteiger partial charge in [0.1, 0.15) is 0 Å². The van der Waals surface area contributed by atoms with Gasteiger partial charge in [0, 0.05) is 11.4 Å². The van der Waals surface area contributed by atoms with E-state index in [9.17, 15) is 8.42 Å². The summed E-state index contributed by atoms with van der Waals surface area (Å²) in [6.45, 7) is 4.91. The highest BCUT2D eigenvalue weighted by atomic mass is 32.2. The lowest BCUT2D eigenvalue weighted by atomic mass is 10.1. The molecular weight excluding hydrogens is 356 g/mol. The number of thiazole rings is 1. The first-order chi connectivity index (χ1) is 11.9. The van der Waals surface area contributed by atoms with Gasteiger partial charge >= 0.3 is 0 Å². The maximum absolute atomic E-state index is 11.1. The molecule has 25 heavy (non-hydrogen) atoms. The number of aryl methyl sites for hydroxylation is 1. The van der Waals surface area contributed by atoms with Crippen molar-refractivity contribution in [2.24, 2.45) is 4.99 Å². The molecule has 0 atom stereocenters. The molecule has 0 aliphatic carbocycles. The molecule has 0 aliphatic heterocycles. The van der Waals surface area contributed by atoms with E-state index in [1.165, 1.54) is 17.0 Å². The summed E-state index contributed by atoms with van der Waals surface area (Å²) in [4.78, 5) is 6.52. The fourth-order valence-corrected chi connectivity index (χ4v) is 4.22. The van der Waals surface area contributed by atoms with E-state index in [-0.39, 0.29) is 4.90 Å². The maximum atomic E-state index is 11.1. The SMILES string of the molecule is CCn1c(-c2ccccc2)c(C)s/c1=N\c1ccc(S(=O)(=O)O)cc1. The van der Waals surface area contributed by atoms with Gasteiger partial charge in [-0.2, -0.15) is 8.42 Å². The van der Waals surface area contributed by atoms with Crippen LogP contribution in [0.4, 0.5) is 5.69 Å². The van der Waals surface area contributed by atoms with E-state index in [1.807, 2.05) is 18.2 Å². The lowest BCUT2D eigenvalue weighted by Gasteiger charge is -2.07. The average molecular weight is 374 g/mol. The van der Waals surface area contributed by atoms with Crippen molar-refractivity contribution in [2.75, 3.05) is 0 Å². The molecule has 2 aromatic carbocycles. The van der Waals surface area contributed by atoms with Crippen molar-refractivity contribution in [3.8, 4) is 11.3 Å². The second-order valence-corrected chi connectivity index (χ2v) is 8.08. The second-order valence-electron chi connectivity index (χ2n) is 5.48. The molecule has 130 valence electrons. The first-order valence-electron chi connectivity index (χ1n) is 7.78. The molecule has 0 aliphatic rings. The molecule has 3 rings (SSSR count). The molecule has 5 nitrogen and oxygen atoms in total. The van der Waals surface area contributed by atoms with E-state index in [4.69, 9.17) is 4.55 Å². The fraction of sp³-hybridized carbons (Fsp3) is 0.167. The minimum Gasteiger partial charge on any atom is -0.316 e. The van der Waals surface area contributed by atoms with Crippen LogP contribution in [0.3, 0.4) is 0 Å². The molecule has 0 saturated carbocycles. The van der Waals surface area contributed by atoms with E-state index in [1.54, 1.807) is 23.5 Å². The average Bonchev–Trinajstić information content (AvgIpc) is 2.90. The van der Waals surface area contributed by atoms with Gasteiger partial charge in [0.25, 0.3) is 10.1 Å². The van der Waals surface area contributed by atoms with E-state index >= 15 is 0 Å². The first-order valence-corrected chi connectivity index (χ1v) is 10.0. The van der Waals surface area contributed by atoms with Crippen LogP contribution in [0, 0.1) is 6.92 Å². The zero-order valence-corrected chi connectivity index (χ0v) is 15.5. The highest BCUT2D eigenvalue weighted by Gasteiger charge is 2.12. The Hall–Kier alpha value is -2.22. The second kappa shape index (κ2) is 6.95. The molecule has 0 fully saturated rings. The first kappa shape index (κ1) is 17.6. The predicted molar refractivity (Wildman–Crippen MR) is 99.6 cm³/mol. The third-order valence-electron chi connectivity index (χ3n) is 3.80. The number of nitrogens with zero attached hydrogens (tertiary/aromatic N) is 2. The van der Waals surface area contributed by atoms with E-state index < -0.39 is 10.1 Å². The molecule has 1 aromatic heterocycles. The Bertz CT molecular complexity index is 1050. The summed E-state index contributed by atoms with van der Waals surface area (Å²) < 4.78 is 33.5. The van der Waals surface area contributed by atoms with Gasteiger partial charge in [-0.15, -0.1) is 11.3 Å². The number of benzene rings is 2. The molecule has 0 radical (unpaired) electrons. The lowest BCUT2D eigenvalue weighted by molar-refractivity contribution is 0.483. The van der Waals surface area contributed by atoms with Crippen molar-refractivity contribution in [2.45, 2.75) is 25.3 Å². The third-order valence-corrected chi connectivity index (χ3v) is 5.66. The van der Waals surface area contributed by atoms with Gasteiger partial charge < -0.3 is 4.57 Å². The van der Waals surface area contributed by atoms with Crippen molar-refractivity contribution < 1.29 is 13.0 Å². The summed E-state index contributed by atoms with van der Waals surface area (Å²) in [6.07, 6.45) is 0. The summed E-state index contributed by atoms with van der Waals surface area (Å²) in [5.74, 6) is 0. The Kier molecular flexibility index (Phi) is 4.89. The molecule has 0 spiro atoms. The van der Waals surface area contributed by atoms with Crippen molar-refractivity contribution in [3.05, 3.63) is 64.3 Å². The van der Waals surface area contributed by atoms with Crippen LogP contribution in [0.1, 0.15) is 11.8 Å². The minimum atomic E-state index is -4.19. The van der Waals surface area contributed by atoms with Crippen LogP contribution in [-0.2, 0) is 16.7 Å². The van der Waals surface area contributed by atoms with Gasteiger partial charge in [0.2, 0.25) is 0 Å². The van der Waals surface area contributed by atoms with Gasteiger partial charge in [-0.1, -0.05) is 30.3 Å². The standard InChI is InChI=1S/C18H18N2O3S2/c1-3-20-17(14-7-5-4-6-8-14)13(2)24-18(20)19-15-9-11-16(12-10-15)25(21,22)23/h4-12H,3H2,1-2H3,(H,21,22,23)/b19-18-. The summed E-state index contributed by atoms with van der Waals surface area (Å²) >= 11 is 1.59. The molecule has 3 aromatic rings. The summed E-state index contributed by atoms with van der Waals surface area (Å²) in [5, 5.41) is 0. The molecule has 0 amide bonds. The zero-order chi connectivity index (χ0) is 18.0. The van der Waals surface area contributed by atoms with Gasteiger partial charge in [-0.05, 0) is 43.7 Å². The van der Waals surface area contributed by atoms with E-state index in [0.717, 1.165) is 22.6 Å². The summed E-state index contributed by atoms with van der Waals surface area (Å²) in [7, 11) is -4.19. The number of hydrogen-bond acceptors (Lipinski definition) is 4. The minimum absolute atomic E-state index is 0.137. The quantitative estimate of drug-likeness (QED) is 0.701. The number of hydrogen-bond donors (Lipinski definition) is 1. The largest absolute Gasteiger partial charge is 0.316 e. The van der Waals surface area contributed by atoms with Gasteiger partial charge in [0.15, 0.2) is 4.80 Å². The Morgan fingerprint density at radius 2 is 1.72 bits per heavy atom.